The Hall–Kier alpha value is -3.65. The number of amides is 1. The van der Waals surface area contributed by atoms with Crippen LogP contribution < -0.4 is 21.5 Å². The van der Waals surface area contributed by atoms with Gasteiger partial charge in [-0.05, 0) is 43.5 Å². The standard InChI is InChI=1S/C27H30N4O4/c1-2-20(17-8-4-3-5-9-17)28-22-23(26(34)25(22)33)29-21-12-6-11-19(24(21)32)27(35)31-15-14-30-13-7-10-18(30)16-31/h3-6,8-9,11-12,18,20,28-29,32H,2,7,10,13-16H2,1H3/t18-,20-/m1/s1. The highest BCUT2D eigenvalue weighted by Crippen LogP contribution is 2.34. The molecule has 2 aliphatic rings. The SMILES string of the molecule is CC[C@@H](Nc1c(Nc2cccc(C(=O)N3CCN4CCC[C@@H]4C3)c2O)c(=O)c1=O)c1ccccc1. The third-order valence-electron chi connectivity index (χ3n) is 7.24. The number of hydrogen-bond donors (Lipinski definition) is 3. The van der Waals surface area contributed by atoms with Crippen molar-refractivity contribution in [2.45, 2.75) is 38.3 Å². The predicted octanol–water partition coefficient (Wildman–Crippen LogP) is 3.22. The average molecular weight is 475 g/mol. The van der Waals surface area contributed by atoms with Crippen LogP contribution in [0, 0.1) is 0 Å². The van der Waals surface area contributed by atoms with Gasteiger partial charge in [-0.1, -0.05) is 43.3 Å². The summed E-state index contributed by atoms with van der Waals surface area (Å²) in [5.74, 6) is -0.448. The van der Waals surface area contributed by atoms with E-state index in [1.165, 1.54) is 0 Å². The van der Waals surface area contributed by atoms with E-state index in [1.54, 1.807) is 23.1 Å². The van der Waals surface area contributed by atoms with Gasteiger partial charge in [0.15, 0.2) is 5.75 Å². The van der Waals surface area contributed by atoms with E-state index in [-0.39, 0.29) is 40.3 Å². The summed E-state index contributed by atoms with van der Waals surface area (Å²) in [5, 5.41) is 17.0. The third-order valence-corrected chi connectivity index (χ3v) is 7.24. The van der Waals surface area contributed by atoms with E-state index in [0.29, 0.717) is 25.6 Å². The fourth-order valence-corrected chi connectivity index (χ4v) is 5.23. The Morgan fingerprint density at radius 2 is 1.80 bits per heavy atom. The summed E-state index contributed by atoms with van der Waals surface area (Å²) < 4.78 is 0. The van der Waals surface area contributed by atoms with Crippen LogP contribution in [0.15, 0.2) is 58.1 Å². The van der Waals surface area contributed by atoms with Gasteiger partial charge >= 0.3 is 0 Å². The van der Waals surface area contributed by atoms with E-state index < -0.39 is 10.9 Å². The summed E-state index contributed by atoms with van der Waals surface area (Å²) in [6, 6.07) is 14.8. The van der Waals surface area contributed by atoms with Crippen LogP contribution in [0.3, 0.4) is 0 Å². The summed E-state index contributed by atoms with van der Waals surface area (Å²) in [6.45, 7) is 5.19. The number of nitrogens with zero attached hydrogens (tertiary/aromatic N) is 2. The Morgan fingerprint density at radius 1 is 1.03 bits per heavy atom. The normalized spacial score (nSPS) is 18.9. The molecule has 2 aliphatic heterocycles. The fourth-order valence-electron chi connectivity index (χ4n) is 5.23. The summed E-state index contributed by atoms with van der Waals surface area (Å²) >= 11 is 0. The minimum absolute atomic E-state index is 0.101. The second-order valence-electron chi connectivity index (χ2n) is 9.33. The van der Waals surface area contributed by atoms with Gasteiger partial charge in [0.2, 0.25) is 0 Å². The Morgan fingerprint density at radius 3 is 2.57 bits per heavy atom. The van der Waals surface area contributed by atoms with Crippen molar-refractivity contribution in [2.24, 2.45) is 0 Å². The zero-order valence-electron chi connectivity index (χ0n) is 19.8. The molecule has 0 aromatic heterocycles. The molecule has 2 atom stereocenters. The van der Waals surface area contributed by atoms with Crippen LogP contribution in [0.2, 0.25) is 0 Å². The summed E-state index contributed by atoms with van der Waals surface area (Å²) in [4.78, 5) is 42.2. The molecule has 0 saturated carbocycles. The van der Waals surface area contributed by atoms with Crippen molar-refractivity contribution in [3.05, 3.63) is 80.1 Å². The average Bonchev–Trinajstić information content (AvgIpc) is 3.37. The number of piperazine rings is 1. The number of phenols is 1. The minimum atomic E-state index is -0.649. The number of aromatic hydroxyl groups is 1. The highest BCUT2D eigenvalue weighted by Gasteiger charge is 2.34. The molecule has 1 amide bonds. The molecule has 3 N–H and O–H groups in total. The van der Waals surface area contributed by atoms with Crippen LogP contribution in [0.4, 0.5) is 17.1 Å². The third kappa shape index (κ3) is 4.30. The Balaban J connectivity index is 1.36. The predicted molar refractivity (Wildman–Crippen MR) is 136 cm³/mol. The van der Waals surface area contributed by atoms with Crippen molar-refractivity contribution in [1.29, 1.82) is 0 Å². The maximum atomic E-state index is 13.2. The molecular formula is C27H30N4O4. The topological polar surface area (TPSA) is 102 Å². The van der Waals surface area contributed by atoms with Crippen molar-refractivity contribution < 1.29 is 9.90 Å². The molecule has 8 heteroatoms. The van der Waals surface area contributed by atoms with E-state index in [2.05, 4.69) is 15.5 Å². The number of anilines is 3. The zero-order valence-corrected chi connectivity index (χ0v) is 19.8. The molecule has 3 aromatic rings. The van der Waals surface area contributed by atoms with Crippen molar-refractivity contribution in [3.63, 3.8) is 0 Å². The minimum Gasteiger partial charge on any atom is -0.505 e. The van der Waals surface area contributed by atoms with Crippen molar-refractivity contribution in [1.82, 2.24) is 9.80 Å². The van der Waals surface area contributed by atoms with Gasteiger partial charge in [-0.2, -0.15) is 0 Å². The van der Waals surface area contributed by atoms with Crippen LogP contribution in [0.1, 0.15) is 48.1 Å². The molecule has 0 spiro atoms. The lowest BCUT2D eigenvalue weighted by Gasteiger charge is -2.37. The number of hydrogen-bond acceptors (Lipinski definition) is 7. The van der Waals surface area contributed by atoms with Crippen molar-refractivity contribution in [2.75, 3.05) is 36.8 Å². The number of carbonyl (C=O) groups is 1. The van der Waals surface area contributed by atoms with Crippen LogP contribution in [-0.4, -0.2) is 53.0 Å². The first-order valence-corrected chi connectivity index (χ1v) is 12.2. The quantitative estimate of drug-likeness (QED) is 0.357. The molecule has 0 aliphatic carbocycles. The fraction of sp³-hybridized carbons (Fsp3) is 0.370. The van der Waals surface area contributed by atoms with Gasteiger partial charge in [-0.3, -0.25) is 19.3 Å². The molecule has 8 nitrogen and oxygen atoms in total. The highest BCUT2D eigenvalue weighted by molar-refractivity contribution is 5.99. The molecule has 5 rings (SSSR count). The molecular weight excluding hydrogens is 444 g/mol. The molecule has 0 bridgehead atoms. The number of rotatable bonds is 7. The molecule has 0 unspecified atom stereocenters. The summed E-state index contributed by atoms with van der Waals surface area (Å²) in [7, 11) is 0. The zero-order chi connectivity index (χ0) is 24.5. The van der Waals surface area contributed by atoms with Crippen LogP contribution in [-0.2, 0) is 0 Å². The number of benzene rings is 2. The lowest BCUT2D eigenvalue weighted by Crippen LogP contribution is -2.52. The molecule has 2 fully saturated rings. The van der Waals surface area contributed by atoms with Gasteiger partial charge in [0, 0.05) is 25.7 Å². The number of carbonyl (C=O) groups excluding carboxylic acids is 1. The number of fused-ring (bicyclic) bond motifs is 1. The van der Waals surface area contributed by atoms with Gasteiger partial charge < -0.3 is 20.6 Å². The first-order chi connectivity index (χ1) is 17.0. The van der Waals surface area contributed by atoms with E-state index in [4.69, 9.17) is 0 Å². The summed E-state index contributed by atoms with van der Waals surface area (Å²) in [6.07, 6.45) is 2.95. The van der Waals surface area contributed by atoms with Gasteiger partial charge in [0.25, 0.3) is 16.8 Å². The van der Waals surface area contributed by atoms with Gasteiger partial charge in [0.1, 0.15) is 11.4 Å². The molecule has 2 heterocycles. The highest BCUT2D eigenvalue weighted by atomic mass is 16.3. The first-order valence-electron chi connectivity index (χ1n) is 12.2. The molecule has 2 saturated heterocycles. The van der Waals surface area contributed by atoms with Crippen LogP contribution >= 0.6 is 0 Å². The maximum Gasteiger partial charge on any atom is 0.257 e. The second kappa shape index (κ2) is 9.54. The lowest BCUT2D eigenvalue weighted by atomic mass is 10.0. The molecule has 3 aromatic carbocycles. The van der Waals surface area contributed by atoms with Crippen LogP contribution in [0.5, 0.6) is 5.75 Å². The Kier molecular flexibility index (Phi) is 6.30. The largest absolute Gasteiger partial charge is 0.505 e. The lowest BCUT2D eigenvalue weighted by molar-refractivity contribution is 0.0568. The number of para-hydroxylation sites is 1. The van der Waals surface area contributed by atoms with Gasteiger partial charge in [-0.15, -0.1) is 0 Å². The van der Waals surface area contributed by atoms with E-state index in [1.807, 2.05) is 37.3 Å². The number of nitrogens with one attached hydrogen (secondary N) is 2. The number of phenolic OH excluding ortho intramolecular Hbond substituents is 1. The van der Waals surface area contributed by atoms with Gasteiger partial charge in [-0.25, -0.2) is 0 Å². The van der Waals surface area contributed by atoms with Crippen LogP contribution in [0.25, 0.3) is 0 Å². The molecule has 0 radical (unpaired) electrons. The Labute approximate surface area is 203 Å². The van der Waals surface area contributed by atoms with Crippen molar-refractivity contribution >= 4 is 23.0 Å². The Bertz CT molecular complexity index is 1300. The van der Waals surface area contributed by atoms with Crippen molar-refractivity contribution in [3.8, 4) is 5.75 Å². The maximum absolute atomic E-state index is 13.2. The van der Waals surface area contributed by atoms with E-state index in [9.17, 15) is 19.5 Å². The molecule has 35 heavy (non-hydrogen) atoms. The van der Waals surface area contributed by atoms with Gasteiger partial charge in [0.05, 0.1) is 17.3 Å². The molecule has 182 valence electrons. The summed E-state index contributed by atoms with van der Waals surface area (Å²) in [5.41, 5.74) is 0.463. The van der Waals surface area contributed by atoms with E-state index >= 15 is 0 Å². The van der Waals surface area contributed by atoms with E-state index in [0.717, 1.165) is 31.5 Å². The first kappa shape index (κ1) is 23.1. The monoisotopic (exact) mass is 474 g/mol. The smallest absolute Gasteiger partial charge is 0.257 e. The second-order valence-corrected chi connectivity index (χ2v) is 9.33.